The van der Waals surface area contributed by atoms with Crippen molar-refractivity contribution in [1.82, 2.24) is 0 Å². The molecule has 2 rings (SSSR count). The van der Waals surface area contributed by atoms with Crippen LogP contribution in [0, 0.1) is 6.92 Å². The first-order chi connectivity index (χ1) is 7.58. The first-order valence-electron chi connectivity index (χ1n) is 4.85. The molecule has 1 heterocycles. The summed E-state index contributed by atoms with van der Waals surface area (Å²) in [5.41, 5.74) is 2.39. The van der Waals surface area contributed by atoms with Crippen molar-refractivity contribution in [3.8, 4) is 5.75 Å². The van der Waals surface area contributed by atoms with Crippen molar-refractivity contribution in [3.63, 3.8) is 0 Å². The van der Waals surface area contributed by atoms with Gasteiger partial charge in [-0.1, -0.05) is 6.07 Å². The summed E-state index contributed by atoms with van der Waals surface area (Å²) in [4.78, 5) is 10.4. The molecule has 5 nitrogen and oxygen atoms in total. The molecule has 0 radical (unpaired) electrons. The molecule has 0 fully saturated rings. The molecule has 0 saturated carbocycles. The number of benzene rings is 1. The number of carboxylic acids is 1. The van der Waals surface area contributed by atoms with Crippen LogP contribution in [-0.2, 0) is 16.1 Å². The van der Waals surface area contributed by atoms with E-state index in [1.807, 2.05) is 13.0 Å². The molecule has 1 aliphatic rings. The Morgan fingerprint density at radius 3 is 3.06 bits per heavy atom. The van der Waals surface area contributed by atoms with E-state index >= 15 is 0 Å². The number of rotatable bonds is 3. The van der Waals surface area contributed by atoms with Gasteiger partial charge in [-0.2, -0.15) is 0 Å². The molecular weight excluding hydrogens is 211 g/mol. The smallest absolute Gasteiger partial charge is 0.482 e. The Kier molecular flexibility index (Phi) is 2.85. The second-order valence-corrected chi connectivity index (χ2v) is 3.66. The fourth-order valence-corrected chi connectivity index (χ4v) is 1.67. The predicted octanol–water partition coefficient (Wildman–Crippen LogP) is -0.324. The first-order valence-corrected chi connectivity index (χ1v) is 4.85. The Morgan fingerprint density at radius 2 is 2.38 bits per heavy atom. The van der Waals surface area contributed by atoms with Crippen molar-refractivity contribution >= 4 is 18.6 Å². The number of carboxylic acid groups (broad SMARTS) is 1. The highest BCUT2D eigenvalue weighted by atomic mass is 16.5. The molecule has 1 aromatic carbocycles. The van der Waals surface area contributed by atoms with Gasteiger partial charge in [-0.05, 0) is 29.6 Å². The molecule has 0 aromatic heterocycles. The van der Waals surface area contributed by atoms with Gasteiger partial charge in [0.05, 0.1) is 6.61 Å². The van der Waals surface area contributed by atoms with Crippen molar-refractivity contribution in [1.29, 1.82) is 0 Å². The monoisotopic (exact) mass is 222 g/mol. The van der Waals surface area contributed by atoms with Crippen molar-refractivity contribution in [2.75, 3.05) is 6.61 Å². The van der Waals surface area contributed by atoms with Crippen molar-refractivity contribution in [2.24, 2.45) is 0 Å². The van der Waals surface area contributed by atoms with Gasteiger partial charge in [0, 0.05) is 0 Å². The van der Waals surface area contributed by atoms with Gasteiger partial charge < -0.3 is 19.5 Å². The number of ether oxygens (including phenoxy) is 1. The largest absolute Gasteiger partial charge is 0.491 e. The van der Waals surface area contributed by atoms with Crippen molar-refractivity contribution < 1.29 is 24.3 Å². The van der Waals surface area contributed by atoms with Gasteiger partial charge in [0.15, 0.2) is 6.61 Å². The van der Waals surface area contributed by atoms with Crippen LogP contribution in [0.5, 0.6) is 5.75 Å². The van der Waals surface area contributed by atoms with E-state index in [0.29, 0.717) is 17.8 Å². The lowest BCUT2D eigenvalue weighted by Crippen LogP contribution is -2.28. The van der Waals surface area contributed by atoms with E-state index in [4.69, 9.17) is 14.5 Å². The lowest BCUT2D eigenvalue weighted by molar-refractivity contribution is -0.139. The summed E-state index contributed by atoms with van der Waals surface area (Å²) in [5, 5.41) is 18.0. The number of hydrogen-bond acceptors (Lipinski definition) is 4. The maximum absolute atomic E-state index is 10.4. The molecule has 0 aliphatic carbocycles. The number of carbonyl (C=O) groups is 1. The minimum atomic E-state index is -1.03. The zero-order valence-electron chi connectivity index (χ0n) is 8.77. The number of aliphatic carboxylic acids is 1. The number of fused-ring (bicyclic) bond motifs is 1. The van der Waals surface area contributed by atoms with Crippen molar-refractivity contribution in [2.45, 2.75) is 13.5 Å². The lowest BCUT2D eigenvalue weighted by Gasteiger charge is -2.09. The molecule has 84 valence electrons. The molecule has 0 bridgehead atoms. The molecular formula is C10H11BO5. The standard InChI is InChI=1S/C10H11BO5/c1-6-2-7-4-16-11(14)8(7)3-9(6)15-5-10(12)13/h2-3,14H,4-5H2,1H3,(H,12,13). The maximum Gasteiger partial charge on any atom is 0.491 e. The molecule has 0 spiro atoms. The lowest BCUT2D eigenvalue weighted by atomic mass is 9.79. The predicted molar refractivity (Wildman–Crippen MR) is 56.7 cm³/mol. The summed E-state index contributed by atoms with van der Waals surface area (Å²) in [6.07, 6.45) is 0. The van der Waals surface area contributed by atoms with Crippen LogP contribution in [0.4, 0.5) is 0 Å². The van der Waals surface area contributed by atoms with Crippen LogP contribution in [-0.4, -0.2) is 29.8 Å². The van der Waals surface area contributed by atoms with Gasteiger partial charge in [0.25, 0.3) is 0 Å². The number of hydrogen-bond donors (Lipinski definition) is 2. The van der Waals surface area contributed by atoms with Gasteiger partial charge in [-0.15, -0.1) is 0 Å². The minimum absolute atomic E-state index is 0.372. The average Bonchev–Trinajstić information content (AvgIpc) is 2.56. The Labute approximate surface area is 92.8 Å². The van der Waals surface area contributed by atoms with E-state index in [-0.39, 0.29) is 0 Å². The summed E-state index contributed by atoms with van der Waals surface area (Å²) < 4.78 is 10.1. The normalized spacial score (nSPS) is 13.8. The van der Waals surface area contributed by atoms with Gasteiger partial charge >= 0.3 is 13.1 Å². The first kappa shape index (κ1) is 11.0. The molecule has 0 amide bonds. The van der Waals surface area contributed by atoms with Crippen LogP contribution in [0.2, 0.25) is 0 Å². The van der Waals surface area contributed by atoms with Crippen LogP contribution in [0.1, 0.15) is 11.1 Å². The zero-order chi connectivity index (χ0) is 11.7. The summed E-state index contributed by atoms with van der Waals surface area (Å²) in [5.74, 6) is -0.567. The summed E-state index contributed by atoms with van der Waals surface area (Å²) in [6, 6.07) is 3.47. The van der Waals surface area contributed by atoms with Gasteiger partial charge in [0.1, 0.15) is 5.75 Å². The van der Waals surface area contributed by atoms with Crippen LogP contribution in [0.15, 0.2) is 12.1 Å². The molecule has 1 aromatic rings. The van der Waals surface area contributed by atoms with Gasteiger partial charge in [-0.25, -0.2) is 4.79 Å². The van der Waals surface area contributed by atoms with Crippen LogP contribution in [0.25, 0.3) is 0 Å². The fraction of sp³-hybridized carbons (Fsp3) is 0.300. The van der Waals surface area contributed by atoms with E-state index in [9.17, 15) is 9.82 Å². The second kappa shape index (κ2) is 4.15. The molecule has 0 unspecified atom stereocenters. The maximum atomic E-state index is 10.4. The SMILES string of the molecule is Cc1cc2c(cc1OCC(=O)O)B(O)OC2. The van der Waals surface area contributed by atoms with E-state index in [2.05, 4.69) is 0 Å². The molecule has 2 N–H and O–H groups in total. The third-order valence-electron chi connectivity index (χ3n) is 2.45. The highest BCUT2D eigenvalue weighted by Gasteiger charge is 2.28. The molecule has 1 aliphatic heterocycles. The summed E-state index contributed by atoms with van der Waals surface area (Å²) >= 11 is 0. The third kappa shape index (κ3) is 2.03. The molecule has 16 heavy (non-hydrogen) atoms. The van der Waals surface area contributed by atoms with Crippen LogP contribution in [0.3, 0.4) is 0 Å². The Hall–Kier alpha value is -1.53. The minimum Gasteiger partial charge on any atom is -0.482 e. The zero-order valence-corrected chi connectivity index (χ0v) is 8.77. The summed E-state index contributed by atoms with van der Waals surface area (Å²) in [6.45, 7) is 1.80. The van der Waals surface area contributed by atoms with E-state index in [0.717, 1.165) is 11.1 Å². The Morgan fingerprint density at radius 1 is 1.62 bits per heavy atom. The summed E-state index contributed by atoms with van der Waals surface area (Å²) in [7, 11) is -0.942. The van der Waals surface area contributed by atoms with Crippen molar-refractivity contribution in [3.05, 3.63) is 23.3 Å². The highest BCUT2D eigenvalue weighted by molar-refractivity contribution is 6.61. The molecule has 6 heteroatoms. The van der Waals surface area contributed by atoms with Gasteiger partial charge in [-0.3, -0.25) is 0 Å². The Balaban J connectivity index is 2.26. The second-order valence-electron chi connectivity index (χ2n) is 3.66. The Bertz CT molecular complexity index is 431. The van der Waals surface area contributed by atoms with E-state index in [1.54, 1.807) is 6.07 Å². The molecule has 0 atom stereocenters. The average molecular weight is 222 g/mol. The fourth-order valence-electron chi connectivity index (χ4n) is 1.67. The van der Waals surface area contributed by atoms with Crippen LogP contribution >= 0.6 is 0 Å². The number of aryl methyl sites for hydroxylation is 1. The quantitative estimate of drug-likeness (QED) is 0.685. The third-order valence-corrected chi connectivity index (χ3v) is 2.45. The van der Waals surface area contributed by atoms with Crippen LogP contribution < -0.4 is 10.2 Å². The molecule has 0 saturated heterocycles. The van der Waals surface area contributed by atoms with E-state index < -0.39 is 19.7 Å². The van der Waals surface area contributed by atoms with E-state index in [1.165, 1.54) is 0 Å². The topological polar surface area (TPSA) is 76.0 Å². The van der Waals surface area contributed by atoms with Gasteiger partial charge in [0.2, 0.25) is 0 Å². The highest BCUT2D eigenvalue weighted by Crippen LogP contribution is 2.21.